The summed E-state index contributed by atoms with van der Waals surface area (Å²) in [5.41, 5.74) is 0.226. The molecule has 0 spiro atoms. The molecule has 0 saturated heterocycles. The predicted octanol–water partition coefficient (Wildman–Crippen LogP) is 10.5. The van der Waals surface area contributed by atoms with Gasteiger partial charge in [-0.2, -0.15) is 8.78 Å². The highest BCUT2D eigenvalue weighted by atomic mass is 19.3. The van der Waals surface area contributed by atoms with Crippen LogP contribution in [0.2, 0.25) is 0 Å². The van der Waals surface area contributed by atoms with Crippen molar-refractivity contribution in [3.05, 3.63) is 95.6 Å². The van der Waals surface area contributed by atoms with Gasteiger partial charge in [0.1, 0.15) is 0 Å². The van der Waals surface area contributed by atoms with Crippen LogP contribution in [0, 0.1) is 29.2 Å². The van der Waals surface area contributed by atoms with E-state index in [1.54, 1.807) is 6.07 Å². The molecule has 4 rings (SSSR count). The fraction of sp³-hybridized carbons (Fsp3) is 0.412. The molecule has 1 aliphatic carbocycles. The summed E-state index contributed by atoms with van der Waals surface area (Å²) in [5.74, 6) is -8.24. The zero-order valence-electron chi connectivity index (χ0n) is 23.7. The molecule has 0 radical (unpaired) electrons. The van der Waals surface area contributed by atoms with Gasteiger partial charge >= 0.3 is 0 Å². The Labute approximate surface area is 243 Å². The van der Waals surface area contributed by atoms with Crippen molar-refractivity contribution in [1.29, 1.82) is 0 Å². The number of hydrogen-bond donors (Lipinski definition) is 0. The van der Waals surface area contributed by atoms with Gasteiger partial charge in [0.25, 0.3) is 5.92 Å². The van der Waals surface area contributed by atoms with Gasteiger partial charge in [-0.15, -0.1) is 6.58 Å². The number of rotatable bonds is 13. The Morgan fingerprint density at radius 2 is 1.38 bits per heavy atom. The molecule has 226 valence electrons. The number of ether oxygens (including phenoxy) is 2. The van der Waals surface area contributed by atoms with Crippen LogP contribution in [0.5, 0.6) is 11.5 Å². The van der Waals surface area contributed by atoms with E-state index < -0.39 is 48.0 Å². The van der Waals surface area contributed by atoms with Crippen molar-refractivity contribution >= 4 is 0 Å². The largest absolute Gasteiger partial charge is 0.490 e. The second kappa shape index (κ2) is 14.2. The van der Waals surface area contributed by atoms with E-state index in [0.29, 0.717) is 17.9 Å². The minimum absolute atomic E-state index is 0.00970. The Morgan fingerprint density at radius 3 is 1.98 bits per heavy atom. The van der Waals surface area contributed by atoms with Gasteiger partial charge in [0.05, 0.1) is 13.2 Å². The molecule has 0 heterocycles. The average molecular weight is 591 g/mol. The molecular formula is C34H36F6O2. The van der Waals surface area contributed by atoms with Crippen molar-refractivity contribution in [2.45, 2.75) is 70.1 Å². The Morgan fingerprint density at radius 1 is 0.762 bits per heavy atom. The van der Waals surface area contributed by atoms with Gasteiger partial charge in [-0.05, 0) is 67.2 Å². The van der Waals surface area contributed by atoms with Crippen LogP contribution in [0.4, 0.5) is 26.3 Å². The highest BCUT2D eigenvalue weighted by Crippen LogP contribution is 2.40. The van der Waals surface area contributed by atoms with Crippen LogP contribution in [0.15, 0.2) is 61.2 Å². The maximum Gasteiger partial charge on any atom is 0.276 e. The lowest BCUT2D eigenvalue weighted by molar-refractivity contribution is -0.0246. The van der Waals surface area contributed by atoms with E-state index in [-0.39, 0.29) is 35.0 Å². The molecule has 0 amide bonds. The smallest absolute Gasteiger partial charge is 0.276 e. The number of unbranched alkanes of at least 4 members (excludes halogenated alkanes) is 2. The molecule has 0 aromatic heterocycles. The van der Waals surface area contributed by atoms with E-state index in [1.165, 1.54) is 24.3 Å². The molecule has 0 aliphatic heterocycles. The highest BCUT2D eigenvalue weighted by molar-refractivity contribution is 5.65. The van der Waals surface area contributed by atoms with Gasteiger partial charge < -0.3 is 9.47 Å². The number of hydrogen-bond acceptors (Lipinski definition) is 2. The van der Waals surface area contributed by atoms with Crippen LogP contribution in [0.3, 0.4) is 0 Å². The minimum Gasteiger partial charge on any atom is -0.490 e. The van der Waals surface area contributed by atoms with E-state index >= 15 is 8.78 Å². The molecule has 0 N–H and O–H groups in total. The first-order valence-electron chi connectivity index (χ1n) is 14.5. The number of allylic oxidation sites excluding steroid dienone is 1. The second-order valence-electron chi connectivity index (χ2n) is 10.8. The van der Waals surface area contributed by atoms with Crippen molar-refractivity contribution < 1.29 is 35.8 Å². The van der Waals surface area contributed by atoms with Gasteiger partial charge in [0, 0.05) is 17.5 Å². The predicted molar refractivity (Wildman–Crippen MR) is 152 cm³/mol. The lowest BCUT2D eigenvalue weighted by Gasteiger charge is -2.27. The van der Waals surface area contributed by atoms with E-state index in [2.05, 4.69) is 6.58 Å². The van der Waals surface area contributed by atoms with Crippen molar-refractivity contribution in [2.24, 2.45) is 5.92 Å². The standard InChI is InChI=1S/C34H36F6O2/c1-3-5-6-20-41-28-17-18-29(33(38)32(28)37)42-21-19-34(39,40)25-13-11-24(12-14-25)27-16-15-26(30(35)31(27)36)23-9-7-22(4-2)8-10-23/h4,11-18,22-23H,2-3,5-10,19-21H2,1H3. The van der Waals surface area contributed by atoms with Crippen LogP contribution in [-0.2, 0) is 5.92 Å². The topological polar surface area (TPSA) is 18.5 Å². The molecule has 2 nitrogen and oxygen atoms in total. The summed E-state index contributed by atoms with van der Waals surface area (Å²) >= 11 is 0. The Bertz CT molecular complexity index is 1350. The van der Waals surface area contributed by atoms with E-state index in [9.17, 15) is 17.6 Å². The van der Waals surface area contributed by atoms with Crippen molar-refractivity contribution in [2.75, 3.05) is 13.2 Å². The molecule has 42 heavy (non-hydrogen) atoms. The summed E-state index contributed by atoms with van der Waals surface area (Å²) in [4.78, 5) is 0. The molecule has 1 fully saturated rings. The molecule has 3 aromatic rings. The van der Waals surface area contributed by atoms with E-state index in [0.717, 1.165) is 56.7 Å². The summed E-state index contributed by atoms with van der Waals surface area (Å²) in [6.45, 7) is 5.46. The van der Waals surface area contributed by atoms with Crippen LogP contribution in [-0.4, -0.2) is 13.2 Å². The lowest BCUT2D eigenvalue weighted by atomic mass is 9.78. The zero-order valence-corrected chi connectivity index (χ0v) is 23.7. The quantitative estimate of drug-likeness (QED) is 0.112. The Hall–Kier alpha value is -3.42. The summed E-state index contributed by atoms with van der Waals surface area (Å²) in [7, 11) is 0. The average Bonchev–Trinajstić information content (AvgIpc) is 3.00. The monoisotopic (exact) mass is 590 g/mol. The lowest BCUT2D eigenvalue weighted by Crippen LogP contribution is -2.18. The second-order valence-corrected chi connectivity index (χ2v) is 10.8. The first-order valence-corrected chi connectivity index (χ1v) is 14.5. The number of halogens is 6. The summed E-state index contributed by atoms with van der Waals surface area (Å²) in [6.07, 6.45) is 6.89. The zero-order chi connectivity index (χ0) is 30.3. The van der Waals surface area contributed by atoms with Gasteiger partial charge in [0.15, 0.2) is 23.1 Å². The van der Waals surface area contributed by atoms with Crippen molar-refractivity contribution in [1.82, 2.24) is 0 Å². The first kappa shape index (κ1) is 31.5. The summed E-state index contributed by atoms with van der Waals surface area (Å²) < 4.78 is 98.9. The van der Waals surface area contributed by atoms with Gasteiger partial charge in [-0.3, -0.25) is 0 Å². The third-order valence-corrected chi connectivity index (χ3v) is 7.97. The molecule has 3 aromatic carbocycles. The fourth-order valence-corrected chi connectivity index (χ4v) is 5.37. The molecule has 0 bridgehead atoms. The van der Waals surface area contributed by atoms with Crippen LogP contribution < -0.4 is 9.47 Å². The molecule has 1 saturated carbocycles. The van der Waals surface area contributed by atoms with Crippen LogP contribution in [0.25, 0.3) is 11.1 Å². The highest BCUT2D eigenvalue weighted by Gasteiger charge is 2.32. The van der Waals surface area contributed by atoms with E-state index in [1.807, 2.05) is 13.0 Å². The minimum atomic E-state index is -3.37. The molecule has 1 aliphatic rings. The summed E-state index contributed by atoms with van der Waals surface area (Å²) in [5, 5.41) is 0. The number of benzene rings is 3. The van der Waals surface area contributed by atoms with E-state index in [4.69, 9.17) is 9.47 Å². The normalized spacial score (nSPS) is 17.2. The fourth-order valence-electron chi connectivity index (χ4n) is 5.37. The third kappa shape index (κ3) is 7.31. The summed E-state index contributed by atoms with van der Waals surface area (Å²) in [6, 6.07) is 10.3. The Kier molecular flexibility index (Phi) is 10.6. The molecule has 8 heteroatoms. The van der Waals surface area contributed by atoms with Gasteiger partial charge in [-0.25, -0.2) is 17.6 Å². The first-order chi connectivity index (χ1) is 20.2. The van der Waals surface area contributed by atoms with Gasteiger partial charge in [0.2, 0.25) is 11.6 Å². The number of alkyl halides is 2. The maximum atomic E-state index is 15.1. The molecule has 0 unspecified atom stereocenters. The molecule has 0 atom stereocenters. The van der Waals surface area contributed by atoms with Crippen LogP contribution >= 0.6 is 0 Å². The maximum absolute atomic E-state index is 15.1. The Balaban J connectivity index is 1.37. The SMILES string of the molecule is C=CC1CCC(c2ccc(-c3ccc(C(F)(F)CCOc4ccc(OCCCCC)c(F)c4F)cc3)c(F)c2F)CC1. The van der Waals surface area contributed by atoms with Crippen molar-refractivity contribution in [3.8, 4) is 22.6 Å². The molecular weight excluding hydrogens is 554 g/mol. The van der Waals surface area contributed by atoms with Gasteiger partial charge in [-0.1, -0.05) is 62.2 Å². The van der Waals surface area contributed by atoms with Crippen LogP contribution in [0.1, 0.15) is 75.3 Å². The third-order valence-electron chi connectivity index (χ3n) is 7.97. The van der Waals surface area contributed by atoms with Crippen molar-refractivity contribution in [3.63, 3.8) is 0 Å².